The molecule has 23 heavy (non-hydrogen) atoms. The molecular weight excluding hydrogens is 355 g/mol. The van der Waals surface area contributed by atoms with Gasteiger partial charge in [0.1, 0.15) is 0 Å². The number of benzene rings is 2. The summed E-state index contributed by atoms with van der Waals surface area (Å²) in [6.07, 6.45) is 0.247. The Morgan fingerprint density at radius 3 is 2.30 bits per heavy atom. The predicted octanol–water partition coefficient (Wildman–Crippen LogP) is 2.60. The number of amides is 1. The summed E-state index contributed by atoms with van der Waals surface area (Å²) in [6, 6.07) is 19.4. The first-order valence-electron chi connectivity index (χ1n) is 7.32. The molecule has 4 nitrogen and oxygen atoms in total. The summed E-state index contributed by atoms with van der Waals surface area (Å²) in [7, 11) is 0. The van der Waals surface area contributed by atoms with Gasteiger partial charge in [-0.1, -0.05) is 0 Å². The van der Waals surface area contributed by atoms with E-state index in [2.05, 4.69) is 30.6 Å². The number of ether oxygens (including phenoxy) is 1. The SMILES string of the molecule is O=C(NC(CN=C=[Se])Cc1ccccc1)OCc1ccccc1. The van der Waals surface area contributed by atoms with E-state index in [4.69, 9.17) is 4.74 Å². The molecule has 0 fully saturated rings. The second-order valence-electron chi connectivity index (χ2n) is 5.02. The average molecular weight is 373 g/mol. The van der Waals surface area contributed by atoms with Gasteiger partial charge in [0, 0.05) is 0 Å². The Bertz CT molecular complexity index is 655. The van der Waals surface area contributed by atoms with Crippen LogP contribution >= 0.6 is 0 Å². The van der Waals surface area contributed by atoms with Crippen molar-refractivity contribution in [2.45, 2.75) is 19.1 Å². The Morgan fingerprint density at radius 2 is 1.70 bits per heavy atom. The van der Waals surface area contributed by atoms with Crippen molar-refractivity contribution in [3.8, 4) is 0 Å². The van der Waals surface area contributed by atoms with Crippen LogP contribution in [0.3, 0.4) is 0 Å². The van der Waals surface area contributed by atoms with E-state index in [1.807, 2.05) is 60.7 Å². The third-order valence-electron chi connectivity index (χ3n) is 3.24. The van der Waals surface area contributed by atoms with Crippen molar-refractivity contribution in [1.29, 1.82) is 0 Å². The Kier molecular flexibility index (Phi) is 7.28. The molecule has 0 aliphatic heterocycles. The third kappa shape index (κ3) is 6.62. The van der Waals surface area contributed by atoms with Gasteiger partial charge in [0.2, 0.25) is 0 Å². The normalized spacial score (nSPS) is 11.1. The standard InChI is InChI=1S/C18H18N2O2Se/c21-18(22-13-16-9-5-2-6-10-16)20-17(12-19-14-23)11-15-7-3-1-4-8-15/h1-10,17H,11-13H2,(H,20,21). The predicted molar refractivity (Wildman–Crippen MR) is 91.8 cm³/mol. The molecule has 0 saturated heterocycles. The Morgan fingerprint density at radius 1 is 1.09 bits per heavy atom. The van der Waals surface area contributed by atoms with Gasteiger partial charge in [0.05, 0.1) is 0 Å². The molecule has 0 aromatic heterocycles. The zero-order chi connectivity index (χ0) is 16.3. The summed E-state index contributed by atoms with van der Waals surface area (Å²) in [5.41, 5.74) is 2.09. The summed E-state index contributed by atoms with van der Waals surface area (Å²) < 4.78 is 7.88. The maximum atomic E-state index is 12.0. The molecule has 5 heteroatoms. The van der Waals surface area contributed by atoms with E-state index in [1.165, 1.54) is 0 Å². The van der Waals surface area contributed by atoms with Crippen LogP contribution in [0.4, 0.5) is 4.79 Å². The van der Waals surface area contributed by atoms with Crippen molar-refractivity contribution in [2.24, 2.45) is 4.99 Å². The zero-order valence-electron chi connectivity index (χ0n) is 12.6. The quantitative estimate of drug-likeness (QED) is 0.599. The van der Waals surface area contributed by atoms with Crippen LogP contribution < -0.4 is 5.32 Å². The first kappa shape index (κ1) is 17.2. The van der Waals surface area contributed by atoms with Gasteiger partial charge >= 0.3 is 144 Å². The molecular formula is C18H18N2O2Se. The number of alkyl carbamates (subject to hydrolysis) is 1. The molecule has 118 valence electrons. The zero-order valence-corrected chi connectivity index (χ0v) is 14.4. The van der Waals surface area contributed by atoms with E-state index in [0.29, 0.717) is 13.0 Å². The number of hydrogen-bond donors (Lipinski definition) is 1. The molecule has 1 amide bonds. The van der Waals surface area contributed by atoms with E-state index in [-0.39, 0.29) is 12.6 Å². The Hall–Kier alpha value is -2.19. The number of rotatable bonds is 7. The number of nitrogens with zero attached hydrogens (tertiary/aromatic N) is 1. The van der Waals surface area contributed by atoms with Crippen LogP contribution in [0, 0.1) is 0 Å². The molecule has 2 aromatic rings. The minimum absolute atomic E-state index is 0.137. The van der Waals surface area contributed by atoms with Crippen molar-refractivity contribution in [3.05, 3.63) is 71.8 Å². The van der Waals surface area contributed by atoms with Gasteiger partial charge in [-0.15, -0.1) is 0 Å². The van der Waals surface area contributed by atoms with Crippen LogP contribution in [-0.4, -0.2) is 39.0 Å². The van der Waals surface area contributed by atoms with Gasteiger partial charge in [-0.05, 0) is 0 Å². The van der Waals surface area contributed by atoms with E-state index in [0.717, 1.165) is 11.1 Å². The van der Waals surface area contributed by atoms with Crippen LogP contribution in [0.25, 0.3) is 0 Å². The van der Waals surface area contributed by atoms with Gasteiger partial charge in [-0.3, -0.25) is 0 Å². The molecule has 0 heterocycles. The minimum atomic E-state index is -0.440. The van der Waals surface area contributed by atoms with E-state index in [1.54, 1.807) is 0 Å². The Labute approximate surface area is 143 Å². The molecule has 2 aromatic carbocycles. The van der Waals surface area contributed by atoms with Crippen molar-refractivity contribution in [2.75, 3.05) is 6.54 Å². The number of aliphatic imine (C=N–C) groups is 1. The fourth-order valence-electron chi connectivity index (χ4n) is 2.14. The van der Waals surface area contributed by atoms with Crippen LogP contribution in [-0.2, 0) is 17.8 Å². The summed E-state index contributed by atoms with van der Waals surface area (Å²) in [6.45, 7) is 0.698. The van der Waals surface area contributed by atoms with Gasteiger partial charge < -0.3 is 0 Å². The Balaban J connectivity index is 1.88. The van der Waals surface area contributed by atoms with Gasteiger partial charge in [-0.25, -0.2) is 0 Å². The maximum absolute atomic E-state index is 12.0. The number of carbonyl (C=O) groups is 1. The van der Waals surface area contributed by atoms with Crippen LogP contribution in [0.2, 0.25) is 0 Å². The number of nitrogens with one attached hydrogen (secondary N) is 1. The molecule has 1 atom stereocenters. The first-order valence-corrected chi connectivity index (χ1v) is 8.18. The van der Waals surface area contributed by atoms with Crippen molar-refractivity contribution < 1.29 is 9.53 Å². The molecule has 0 aliphatic carbocycles. The monoisotopic (exact) mass is 374 g/mol. The molecule has 0 radical (unpaired) electrons. The van der Waals surface area contributed by atoms with Gasteiger partial charge in [-0.2, -0.15) is 0 Å². The second-order valence-corrected chi connectivity index (χ2v) is 5.41. The molecule has 0 saturated carbocycles. The molecule has 1 N–H and O–H groups in total. The van der Waals surface area contributed by atoms with Crippen molar-refractivity contribution in [1.82, 2.24) is 5.32 Å². The fraction of sp³-hybridized carbons (Fsp3) is 0.222. The summed E-state index contributed by atoms with van der Waals surface area (Å²) >= 11 is 2.60. The van der Waals surface area contributed by atoms with Crippen LogP contribution in [0.15, 0.2) is 65.7 Å². The van der Waals surface area contributed by atoms with E-state index >= 15 is 0 Å². The summed E-state index contributed by atoms with van der Waals surface area (Å²) in [5, 5.41) is 2.86. The first-order chi connectivity index (χ1) is 11.3. The summed E-state index contributed by atoms with van der Waals surface area (Å²) in [4.78, 5) is 16.0. The average Bonchev–Trinajstić information content (AvgIpc) is 2.60. The van der Waals surface area contributed by atoms with Crippen molar-refractivity contribution >= 4 is 26.4 Å². The molecule has 0 bridgehead atoms. The summed E-state index contributed by atoms with van der Waals surface area (Å²) in [5.74, 6) is 0. The van der Waals surface area contributed by atoms with Crippen molar-refractivity contribution in [3.63, 3.8) is 0 Å². The second kappa shape index (κ2) is 9.75. The van der Waals surface area contributed by atoms with E-state index < -0.39 is 6.09 Å². The molecule has 2 rings (SSSR count). The fourth-order valence-corrected chi connectivity index (χ4v) is 2.30. The number of hydrogen-bond acceptors (Lipinski definition) is 3. The van der Waals surface area contributed by atoms with Gasteiger partial charge in [0.25, 0.3) is 0 Å². The van der Waals surface area contributed by atoms with Crippen LogP contribution in [0.5, 0.6) is 0 Å². The molecule has 0 spiro atoms. The van der Waals surface area contributed by atoms with Gasteiger partial charge in [0.15, 0.2) is 0 Å². The van der Waals surface area contributed by atoms with E-state index in [9.17, 15) is 4.79 Å². The molecule has 1 unspecified atom stereocenters. The van der Waals surface area contributed by atoms with Crippen LogP contribution in [0.1, 0.15) is 11.1 Å². The topological polar surface area (TPSA) is 50.7 Å². The third-order valence-corrected chi connectivity index (χ3v) is 3.51. The number of carbonyl (C=O) groups excluding carboxylic acids is 1. The molecule has 0 aliphatic rings.